The molecular formula is C17H19ClN4O6. The van der Waals surface area contributed by atoms with Crippen molar-refractivity contribution in [3.63, 3.8) is 0 Å². The quantitative estimate of drug-likeness (QED) is 0.417. The van der Waals surface area contributed by atoms with Gasteiger partial charge in [-0.3, -0.25) is 14.9 Å². The molecule has 1 unspecified atom stereocenters. The van der Waals surface area contributed by atoms with Crippen LogP contribution in [-0.2, 0) is 9.53 Å². The van der Waals surface area contributed by atoms with Gasteiger partial charge in [0.15, 0.2) is 11.9 Å². The molecule has 28 heavy (non-hydrogen) atoms. The van der Waals surface area contributed by atoms with E-state index in [-0.39, 0.29) is 28.1 Å². The van der Waals surface area contributed by atoms with E-state index in [1.165, 1.54) is 6.07 Å². The molecule has 0 aliphatic heterocycles. The fourth-order valence-corrected chi connectivity index (χ4v) is 2.56. The summed E-state index contributed by atoms with van der Waals surface area (Å²) < 4.78 is 10.3. The Morgan fingerprint density at radius 1 is 1.32 bits per heavy atom. The second kappa shape index (κ2) is 8.79. The van der Waals surface area contributed by atoms with E-state index in [1.807, 2.05) is 0 Å². The Bertz CT molecular complexity index is 898. The number of non-ortho nitro benzene ring substituents is 1. The van der Waals surface area contributed by atoms with Crippen molar-refractivity contribution in [1.82, 2.24) is 15.5 Å². The normalized spacial score (nSPS) is 13.1. The van der Waals surface area contributed by atoms with Crippen LogP contribution in [0.15, 0.2) is 22.7 Å². The molecule has 0 radical (unpaired) electrons. The highest BCUT2D eigenvalue weighted by Crippen LogP contribution is 2.23. The second-order valence-electron chi connectivity index (χ2n) is 6.38. The Kier molecular flexibility index (Phi) is 6.68. The van der Waals surface area contributed by atoms with Crippen LogP contribution in [0.1, 0.15) is 48.9 Å². The number of nitro groups is 1. The van der Waals surface area contributed by atoms with Crippen molar-refractivity contribution >= 4 is 29.2 Å². The highest BCUT2D eigenvalue weighted by Gasteiger charge is 2.30. The Labute approximate surface area is 165 Å². The molecule has 0 fully saturated rings. The predicted octanol–water partition coefficient (Wildman–Crippen LogP) is 3.00. The van der Waals surface area contributed by atoms with Crippen molar-refractivity contribution in [3.8, 4) is 0 Å². The first-order valence-electron chi connectivity index (χ1n) is 8.35. The summed E-state index contributed by atoms with van der Waals surface area (Å²) in [6, 6.07) is 2.47. The lowest BCUT2D eigenvalue weighted by Crippen LogP contribution is -2.45. The van der Waals surface area contributed by atoms with E-state index in [0.29, 0.717) is 5.82 Å². The van der Waals surface area contributed by atoms with Gasteiger partial charge in [0.2, 0.25) is 0 Å². The summed E-state index contributed by atoms with van der Waals surface area (Å²) >= 11 is 5.97. The molecule has 2 atom stereocenters. The van der Waals surface area contributed by atoms with Gasteiger partial charge in [0.25, 0.3) is 17.5 Å². The maximum atomic E-state index is 12.5. The predicted molar refractivity (Wildman–Crippen MR) is 97.7 cm³/mol. The van der Waals surface area contributed by atoms with Crippen LogP contribution in [0, 0.1) is 23.0 Å². The molecule has 0 bridgehead atoms. The molecule has 1 aromatic carbocycles. The van der Waals surface area contributed by atoms with Gasteiger partial charge in [0.05, 0.1) is 15.5 Å². The number of carbonyl (C=O) groups excluding carboxylic acids is 2. The molecule has 1 amide bonds. The number of nitrogens with one attached hydrogen (secondary N) is 1. The maximum Gasteiger partial charge on any atom is 0.329 e. The van der Waals surface area contributed by atoms with Crippen LogP contribution >= 0.6 is 11.6 Å². The van der Waals surface area contributed by atoms with E-state index < -0.39 is 28.9 Å². The van der Waals surface area contributed by atoms with Crippen molar-refractivity contribution in [2.45, 2.75) is 39.8 Å². The number of hydrogen-bond acceptors (Lipinski definition) is 8. The average molecular weight is 411 g/mol. The van der Waals surface area contributed by atoms with Gasteiger partial charge in [0.1, 0.15) is 6.04 Å². The van der Waals surface area contributed by atoms with Gasteiger partial charge in [-0.25, -0.2) is 4.79 Å². The fraction of sp³-hybridized carbons (Fsp3) is 0.412. The molecule has 0 saturated carbocycles. The number of rotatable bonds is 7. The van der Waals surface area contributed by atoms with E-state index >= 15 is 0 Å². The molecule has 0 aliphatic carbocycles. The third-order valence-corrected chi connectivity index (χ3v) is 4.11. The zero-order valence-electron chi connectivity index (χ0n) is 15.6. The number of carbonyl (C=O) groups is 2. The zero-order valence-corrected chi connectivity index (χ0v) is 16.4. The van der Waals surface area contributed by atoms with Gasteiger partial charge in [-0.15, -0.1) is 0 Å². The molecule has 0 aliphatic rings. The molecule has 1 heterocycles. The summed E-state index contributed by atoms with van der Waals surface area (Å²) in [4.78, 5) is 39.2. The van der Waals surface area contributed by atoms with Crippen molar-refractivity contribution in [1.29, 1.82) is 0 Å². The molecule has 10 nitrogen and oxygen atoms in total. The summed E-state index contributed by atoms with van der Waals surface area (Å²) in [5, 5.41) is 16.9. The van der Waals surface area contributed by atoms with Crippen LogP contribution in [0.4, 0.5) is 5.69 Å². The number of aromatic nitrogens is 2. The van der Waals surface area contributed by atoms with Crippen LogP contribution in [0.3, 0.4) is 0 Å². The second-order valence-corrected chi connectivity index (χ2v) is 6.78. The van der Waals surface area contributed by atoms with Crippen LogP contribution in [0.2, 0.25) is 5.02 Å². The lowest BCUT2D eigenvalue weighted by molar-refractivity contribution is -0.384. The van der Waals surface area contributed by atoms with Crippen LogP contribution in [0.5, 0.6) is 0 Å². The zero-order chi connectivity index (χ0) is 21.0. The lowest BCUT2D eigenvalue weighted by atomic mass is 10.0. The van der Waals surface area contributed by atoms with Crippen LogP contribution in [-0.4, -0.2) is 33.0 Å². The van der Waals surface area contributed by atoms with Crippen molar-refractivity contribution in [2.24, 2.45) is 5.92 Å². The molecule has 1 aromatic heterocycles. The molecule has 150 valence electrons. The third-order valence-electron chi connectivity index (χ3n) is 3.80. The van der Waals surface area contributed by atoms with Gasteiger partial charge >= 0.3 is 5.97 Å². The minimum atomic E-state index is -0.981. The van der Waals surface area contributed by atoms with Gasteiger partial charge < -0.3 is 14.6 Å². The topological polar surface area (TPSA) is 137 Å². The lowest BCUT2D eigenvalue weighted by Gasteiger charge is -2.22. The van der Waals surface area contributed by atoms with E-state index in [4.69, 9.17) is 20.9 Å². The summed E-state index contributed by atoms with van der Waals surface area (Å²) in [6.45, 7) is 6.65. The number of esters is 1. The molecule has 1 N–H and O–H groups in total. The van der Waals surface area contributed by atoms with Crippen molar-refractivity contribution in [2.75, 3.05) is 0 Å². The first kappa shape index (κ1) is 21.3. The first-order chi connectivity index (χ1) is 13.1. The van der Waals surface area contributed by atoms with E-state index in [1.54, 1.807) is 27.7 Å². The van der Waals surface area contributed by atoms with E-state index in [2.05, 4.69) is 15.5 Å². The monoisotopic (exact) mass is 410 g/mol. The van der Waals surface area contributed by atoms with Gasteiger partial charge in [-0.05, 0) is 25.8 Å². The average Bonchev–Trinajstić information content (AvgIpc) is 3.05. The molecule has 2 rings (SSSR count). The van der Waals surface area contributed by atoms with Crippen LogP contribution < -0.4 is 5.32 Å². The van der Waals surface area contributed by atoms with Gasteiger partial charge in [0, 0.05) is 12.1 Å². The SMILES string of the molecule is Cc1noc(C(C)OC(=O)[C@@H](NC(=O)c2ccc([N+](=O)[O-])cc2Cl)C(C)C)n1. The van der Waals surface area contributed by atoms with Gasteiger partial charge in [-0.2, -0.15) is 4.98 Å². The molecular weight excluding hydrogens is 392 g/mol. The first-order valence-corrected chi connectivity index (χ1v) is 8.73. The minimum absolute atomic E-state index is 0.00583. The van der Waals surface area contributed by atoms with E-state index in [0.717, 1.165) is 12.1 Å². The Morgan fingerprint density at radius 3 is 2.50 bits per heavy atom. The standard InChI is InChI=1S/C17H19ClN4O6/c1-8(2)14(17(24)27-9(3)16-19-10(4)21-28-16)20-15(23)12-6-5-11(22(25)26)7-13(12)18/h5-9,14H,1-4H3,(H,20,23)/t9?,14-/m0/s1. The third kappa shape index (κ3) is 5.03. The number of aryl methyl sites for hydroxylation is 1. The van der Waals surface area contributed by atoms with E-state index in [9.17, 15) is 19.7 Å². The van der Waals surface area contributed by atoms with Crippen molar-refractivity contribution < 1.29 is 23.8 Å². The smallest absolute Gasteiger partial charge is 0.329 e. The summed E-state index contributed by atoms with van der Waals surface area (Å²) in [5.41, 5.74) is -0.240. The number of amides is 1. The number of halogens is 1. The summed E-state index contributed by atoms with van der Waals surface area (Å²) in [6.07, 6.45) is -0.796. The number of nitrogens with zero attached hydrogens (tertiary/aromatic N) is 3. The Morgan fingerprint density at radius 2 is 2.00 bits per heavy atom. The number of hydrogen-bond donors (Lipinski definition) is 1. The minimum Gasteiger partial charge on any atom is -0.451 e. The molecule has 2 aromatic rings. The molecule has 0 spiro atoms. The van der Waals surface area contributed by atoms with Crippen LogP contribution in [0.25, 0.3) is 0 Å². The Balaban J connectivity index is 2.12. The number of benzene rings is 1. The summed E-state index contributed by atoms with van der Waals surface area (Å²) in [5.74, 6) is -1.11. The maximum absolute atomic E-state index is 12.5. The largest absolute Gasteiger partial charge is 0.451 e. The van der Waals surface area contributed by atoms with Gasteiger partial charge in [-0.1, -0.05) is 30.6 Å². The molecule has 11 heteroatoms. The fourth-order valence-electron chi connectivity index (χ4n) is 2.29. The summed E-state index contributed by atoms with van der Waals surface area (Å²) in [7, 11) is 0. The van der Waals surface area contributed by atoms with Crippen molar-refractivity contribution in [3.05, 3.63) is 50.6 Å². The molecule has 0 saturated heterocycles. The highest BCUT2D eigenvalue weighted by atomic mass is 35.5. The highest BCUT2D eigenvalue weighted by molar-refractivity contribution is 6.34. The number of nitro benzene ring substituents is 1. The Hall–Kier alpha value is -3.01. The number of ether oxygens (including phenoxy) is 1.